The highest BCUT2D eigenvalue weighted by atomic mass is 35.5. The predicted molar refractivity (Wildman–Crippen MR) is 90.1 cm³/mol. The van der Waals surface area contributed by atoms with Crippen LogP contribution in [0, 0.1) is 17.8 Å². The topological polar surface area (TPSA) is 21.3 Å². The van der Waals surface area contributed by atoms with Crippen LogP contribution >= 0.6 is 11.6 Å². The first-order chi connectivity index (χ1) is 10.1. The molecule has 0 amide bonds. The first kappa shape index (κ1) is 16.6. The lowest BCUT2D eigenvalue weighted by atomic mass is 9.72. The lowest BCUT2D eigenvalue weighted by molar-refractivity contribution is 0.170. The summed E-state index contributed by atoms with van der Waals surface area (Å²) < 4.78 is 5.57. The highest BCUT2D eigenvalue weighted by molar-refractivity contribution is 6.30. The number of halogens is 1. The second-order valence-electron chi connectivity index (χ2n) is 6.45. The molecule has 0 radical (unpaired) electrons. The monoisotopic (exact) mass is 309 g/mol. The van der Waals surface area contributed by atoms with E-state index in [1.165, 1.54) is 24.8 Å². The van der Waals surface area contributed by atoms with E-state index in [-0.39, 0.29) is 0 Å². The van der Waals surface area contributed by atoms with Gasteiger partial charge in [0.2, 0.25) is 0 Å². The minimum Gasteiger partial charge on any atom is -0.496 e. The maximum Gasteiger partial charge on any atom is 0.125 e. The molecule has 2 rings (SSSR count). The lowest BCUT2D eigenvalue weighted by Gasteiger charge is -2.37. The fourth-order valence-electron chi connectivity index (χ4n) is 3.58. The molecule has 1 aliphatic carbocycles. The molecule has 3 heteroatoms. The van der Waals surface area contributed by atoms with Crippen LogP contribution in [-0.4, -0.2) is 13.7 Å². The van der Waals surface area contributed by atoms with Crippen molar-refractivity contribution >= 4 is 11.6 Å². The predicted octanol–water partition coefficient (Wildman–Crippen LogP) is 5.07. The van der Waals surface area contributed by atoms with E-state index < -0.39 is 0 Å². The number of benzene rings is 1. The van der Waals surface area contributed by atoms with Crippen LogP contribution in [0.4, 0.5) is 0 Å². The molecule has 0 heterocycles. The number of methoxy groups -OCH3 is 1. The normalized spacial score (nSPS) is 27.4. The van der Waals surface area contributed by atoms with Crippen LogP contribution in [-0.2, 0) is 0 Å². The summed E-state index contributed by atoms with van der Waals surface area (Å²) in [7, 11) is 1.73. The molecule has 1 saturated carbocycles. The molecule has 21 heavy (non-hydrogen) atoms. The molecule has 0 aromatic heterocycles. The highest BCUT2D eigenvalue weighted by Crippen LogP contribution is 2.42. The van der Waals surface area contributed by atoms with Crippen LogP contribution in [0.3, 0.4) is 0 Å². The summed E-state index contributed by atoms with van der Waals surface area (Å²) in [5, 5.41) is 4.41. The molecule has 4 atom stereocenters. The third kappa shape index (κ3) is 3.92. The summed E-state index contributed by atoms with van der Waals surface area (Å²) in [6.07, 6.45) is 3.89. The summed E-state index contributed by atoms with van der Waals surface area (Å²) in [4.78, 5) is 0. The van der Waals surface area contributed by atoms with Crippen LogP contribution in [0.15, 0.2) is 18.2 Å². The van der Waals surface area contributed by atoms with Crippen LogP contribution in [0.25, 0.3) is 0 Å². The summed E-state index contributed by atoms with van der Waals surface area (Å²) >= 11 is 6.10. The number of hydrogen-bond donors (Lipinski definition) is 1. The van der Waals surface area contributed by atoms with Gasteiger partial charge >= 0.3 is 0 Å². The van der Waals surface area contributed by atoms with Crippen LogP contribution in [0.5, 0.6) is 5.75 Å². The number of hydrogen-bond acceptors (Lipinski definition) is 2. The van der Waals surface area contributed by atoms with Gasteiger partial charge in [-0.15, -0.1) is 0 Å². The fourth-order valence-corrected chi connectivity index (χ4v) is 3.75. The third-order valence-corrected chi connectivity index (χ3v) is 5.30. The van der Waals surface area contributed by atoms with Crippen molar-refractivity contribution in [2.75, 3.05) is 13.7 Å². The molecule has 0 aliphatic heterocycles. The van der Waals surface area contributed by atoms with Crippen molar-refractivity contribution in [3.05, 3.63) is 28.8 Å². The zero-order valence-electron chi connectivity index (χ0n) is 13.7. The zero-order chi connectivity index (χ0) is 15.4. The second-order valence-corrected chi connectivity index (χ2v) is 6.89. The SMILES string of the molecule is CCNC(c1ccc(Cl)cc1OC)C1CCC(C)C(C)C1. The van der Waals surface area contributed by atoms with E-state index in [2.05, 4.69) is 32.2 Å². The van der Waals surface area contributed by atoms with Gasteiger partial charge in [-0.25, -0.2) is 0 Å². The average Bonchev–Trinajstić information content (AvgIpc) is 2.48. The Morgan fingerprint density at radius 3 is 2.67 bits per heavy atom. The Labute approximate surface area is 134 Å². The van der Waals surface area contributed by atoms with E-state index >= 15 is 0 Å². The van der Waals surface area contributed by atoms with E-state index in [4.69, 9.17) is 16.3 Å². The summed E-state index contributed by atoms with van der Waals surface area (Å²) in [6, 6.07) is 6.38. The first-order valence-electron chi connectivity index (χ1n) is 8.13. The third-order valence-electron chi connectivity index (χ3n) is 5.06. The van der Waals surface area contributed by atoms with Gasteiger partial charge in [-0.3, -0.25) is 0 Å². The molecular weight excluding hydrogens is 282 g/mol. The molecular formula is C18H28ClNO. The molecule has 2 nitrogen and oxygen atoms in total. The van der Waals surface area contributed by atoms with Gasteiger partial charge in [-0.1, -0.05) is 44.9 Å². The molecule has 0 spiro atoms. The molecule has 1 aromatic carbocycles. The largest absolute Gasteiger partial charge is 0.496 e. The molecule has 1 N–H and O–H groups in total. The van der Waals surface area contributed by atoms with Gasteiger partial charge < -0.3 is 10.1 Å². The van der Waals surface area contributed by atoms with E-state index in [9.17, 15) is 0 Å². The van der Waals surface area contributed by atoms with Gasteiger partial charge in [-0.05, 0) is 49.3 Å². The molecule has 1 aromatic rings. The summed E-state index contributed by atoms with van der Waals surface area (Å²) in [5.74, 6) is 3.21. The number of nitrogens with one attached hydrogen (secondary N) is 1. The quantitative estimate of drug-likeness (QED) is 0.819. The van der Waals surface area contributed by atoms with Crippen molar-refractivity contribution in [3.63, 3.8) is 0 Å². The maximum atomic E-state index is 6.10. The van der Waals surface area contributed by atoms with Gasteiger partial charge in [0.15, 0.2) is 0 Å². The van der Waals surface area contributed by atoms with Crippen molar-refractivity contribution in [3.8, 4) is 5.75 Å². The van der Waals surface area contributed by atoms with Crippen LogP contribution < -0.4 is 10.1 Å². The molecule has 1 aliphatic rings. The van der Waals surface area contributed by atoms with Crippen molar-refractivity contribution < 1.29 is 4.74 Å². The second kappa shape index (κ2) is 7.51. The van der Waals surface area contributed by atoms with Crippen LogP contribution in [0.1, 0.15) is 51.6 Å². The molecule has 118 valence electrons. The van der Waals surface area contributed by atoms with Crippen molar-refractivity contribution in [2.45, 2.75) is 46.1 Å². The number of ether oxygens (including phenoxy) is 1. The Balaban J connectivity index is 2.26. The Morgan fingerprint density at radius 2 is 2.05 bits per heavy atom. The van der Waals surface area contributed by atoms with E-state index in [1.807, 2.05) is 12.1 Å². The van der Waals surface area contributed by atoms with E-state index in [0.29, 0.717) is 12.0 Å². The van der Waals surface area contributed by atoms with Gasteiger partial charge in [0.25, 0.3) is 0 Å². The van der Waals surface area contributed by atoms with Gasteiger partial charge in [-0.2, -0.15) is 0 Å². The zero-order valence-corrected chi connectivity index (χ0v) is 14.4. The highest BCUT2D eigenvalue weighted by Gasteiger charge is 2.31. The Hall–Kier alpha value is -0.730. The molecule has 1 fully saturated rings. The average molecular weight is 310 g/mol. The minimum absolute atomic E-state index is 0.358. The van der Waals surface area contributed by atoms with Crippen molar-refractivity contribution in [1.29, 1.82) is 0 Å². The molecule has 0 bridgehead atoms. The molecule has 4 unspecified atom stereocenters. The van der Waals surface area contributed by atoms with Gasteiger partial charge in [0.1, 0.15) is 5.75 Å². The summed E-state index contributed by atoms with van der Waals surface area (Å²) in [5.41, 5.74) is 1.25. The Kier molecular flexibility index (Phi) is 5.95. The first-order valence-corrected chi connectivity index (χ1v) is 8.51. The fraction of sp³-hybridized carbons (Fsp3) is 0.667. The van der Waals surface area contributed by atoms with E-state index in [0.717, 1.165) is 29.2 Å². The Bertz CT molecular complexity index is 463. The number of rotatable bonds is 5. The standard InChI is InChI=1S/C18H28ClNO/c1-5-20-18(14-7-6-12(2)13(3)10-14)16-9-8-15(19)11-17(16)21-4/h8-9,11-14,18,20H,5-7,10H2,1-4H3. The van der Waals surface area contributed by atoms with E-state index in [1.54, 1.807) is 7.11 Å². The molecule has 0 saturated heterocycles. The lowest BCUT2D eigenvalue weighted by Crippen LogP contribution is -2.33. The summed E-state index contributed by atoms with van der Waals surface area (Å²) in [6.45, 7) is 7.91. The van der Waals surface area contributed by atoms with Crippen molar-refractivity contribution in [2.24, 2.45) is 17.8 Å². The van der Waals surface area contributed by atoms with Crippen molar-refractivity contribution in [1.82, 2.24) is 5.32 Å². The smallest absolute Gasteiger partial charge is 0.125 e. The minimum atomic E-state index is 0.358. The van der Waals surface area contributed by atoms with Gasteiger partial charge in [0, 0.05) is 16.6 Å². The Morgan fingerprint density at radius 1 is 1.29 bits per heavy atom. The van der Waals surface area contributed by atoms with Crippen LogP contribution in [0.2, 0.25) is 5.02 Å². The maximum absolute atomic E-state index is 6.10. The van der Waals surface area contributed by atoms with Gasteiger partial charge in [0.05, 0.1) is 7.11 Å².